The molecule has 1 rings (SSSR count). The summed E-state index contributed by atoms with van der Waals surface area (Å²) in [6.07, 6.45) is 0. The van der Waals surface area contributed by atoms with Gasteiger partial charge in [0.1, 0.15) is 0 Å². The fraction of sp³-hybridized carbons (Fsp3) is 0.333. The van der Waals surface area contributed by atoms with Crippen LogP contribution >= 0.6 is 27.5 Å². The van der Waals surface area contributed by atoms with Gasteiger partial charge in [-0.25, -0.2) is 0 Å². The van der Waals surface area contributed by atoms with Crippen LogP contribution in [0.3, 0.4) is 0 Å². The summed E-state index contributed by atoms with van der Waals surface area (Å²) in [5, 5.41) is 0.729. The van der Waals surface area contributed by atoms with Crippen LogP contribution in [0.2, 0.25) is 5.02 Å². The Labute approximate surface area is 85.8 Å². The van der Waals surface area contributed by atoms with Crippen molar-refractivity contribution in [2.24, 2.45) is 0 Å². The van der Waals surface area contributed by atoms with Crippen molar-refractivity contribution in [2.45, 2.75) is 13.5 Å². The van der Waals surface area contributed by atoms with E-state index in [4.69, 9.17) is 16.3 Å². The molecule has 1 nitrogen and oxygen atoms in total. The molecule has 0 aliphatic rings. The molecule has 0 spiro atoms. The summed E-state index contributed by atoms with van der Waals surface area (Å²) in [4.78, 5) is 0. The number of benzene rings is 1. The highest BCUT2D eigenvalue weighted by Gasteiger charge is 1.98. The lowest BCUT2D eigenvalue weighted by Gasteiger charge is -2.02. The third-order valence-corrected chi connectivity index (χ3v) is 2.69. The number of halogens is 2. The maximum Gasteiger partial charge on any atom is 0.0717 e. The lowest BCUT2D eigenvalue weighted by molar-refractivity contribution is 0.134. The fourth-order valence-electron chi connectivity index (χ4n) is 0.849. The normalized spacial score (nSPS) is 10.2. The van der Waals surface area contributed by atoms with Crippen LogP contribution in [0.4, 0.5) is 0 Å². The first-order valence-electron chi connectivity index (χ1n) is 3.75. The predicted molar refractivity (Wildman–Crippen MR) is 54.5 cm³/mol. The number of hydrogen-bond acceptors (Lipinski definition) is 1. The van der Waals surface area contributed by atoms with E-state index in [0.29, 0.717) is 6.61 Å². The minimum Gasteiger partial charge on any atom is -0.377 e. The molecule has 0 fully saturated rings. The monoisotopic (exact) mass is 248 g/mol. The van der Waals surface area contributed by atoms with Gasteiger partial charge >= 0.3 is 0 Å². The summed E-state index contributed by atoms with van der Waals surface area (Å²) in [5.41, 5.74) is 1.10. The molecule has 1 aromatic carbocycles. The Kier molecular flexibility index (Phi) is 4.06. The summed E-state index contributed by atoms with van der Waals surface area (Å²) in [6, 6.07) is 5.82. The molecular formula is C9H10BrClO. The lowest BCUT2D eigenvalue weighted by Crippen LogP contribution is -1.91. The van der Waals surface area contributed by atoms with Crippen LogP contribution in [-0.4, -0.2) is 6.61 Å². The zero-order valence-electron chi connectivity index (χ0n) is 6.81. The molecule has 0 N–H and O–H groups in total. The highest BCUT2D eigenvalue weighted by Crippen LogP contribution is 2.23. The Morgan fingerprint density at radius 2 is 2.25 bits per heavy atom. The first kappa shape index (κ1) is 10.0. The van der Waals surface area contributed by atoms with Gasteiger partial charge in [-0.05, 0) is 40.5 Å². The average molecular weight is 250 g/mol. The van der Waals surface area contributed by atoms with Crippen LogP contribution in [0.15, 0.2) is 22.7 Å². The quantitative estimate of drug-likeness (QED) is 0.795. The zero-order chi connectivity index (χ0) is 8.97. The van der Waals surface area contributed by atoms with Gasteiger partial charge < -0.3 is 4.74 Å². The number of rotatable bonds is 3. The van der Waals surface area contributed by atoms with Crippen molar-refractivity contribution in [3.63, 3.8) is 0 Å². The van der Waals surface area contributed by atoms with E-state index in [2.05, 4.69) is 15.9 Å². The van der Waals surface area contributed by atoms with E-state index in [-0.39, 0.29) is 0 Å². The van der Waals surface area contributed by atoms with Crippen LogP contribution in [0.5, 0.6) is 0 Å². The second kappa shape index (κ2) is 4.85. The summed E-state index contributed by atoms with van der Waals surface area (Å²) >= 11 is 9.22. The van der Waals surface area contributed by atoms with Crippen molar-refractivity contribution in [1.82, 2.24) is 0 Å². The molecule has 66 valence electrons. The zero-order valence-corrected chi connectivity index (χ0v) is 9.15. The largest absolute Gasteiger partial charge is 0.377 e. The van der Waals surface area contributed by atoms with E-state index in [1.807, 2.05) is 25.1 Å². The molecular weight excluding hydrogens is 239 g/mol. The molecule has 3 heteroatoms. The van der Waals surface area contributed by atoms with E-state index in [9.17, 15) is 0 Å². The second-order valence-corrected chi connectivity index (χ2v) is 3.65. The SMILES string of the molecule is CCOCc1ccc(Br)c(Cl)c1. The average Bonchev–Trinajstić information content (AvgIpc) is 2.07. The molecule has 1 aromatic rings. The second-order valence-electron chi connectivity index (χ2n) is 2.39. The molecule has 0 saturated carbocycles. The molecule has 0 aliphatic carbocycles. The molecule has 0 radical (unpaired) electrons. The molecule has 0 unspecified atom stereocenters. The van der Waals surface area contributed by atoms with E-state index in [1.165, 1.54) is 0 Å². The van der Waals surface area contributed by atoms with Crippen LogP contribution in [-0.2, 0) is 11.3 Å². The Morgan fingerprint density at radius 3 is 2.83 bits per heavy atom. The van der Waals surface area contributed by atoms with Crippen molar-refractivity contribution in [3.05, 3.63) is 33.3 Å². The molecule has 0 heterocycles. The molecule has 12 heavy (non-hydrogen) atoms. The molecule has 0 aliphatic heterocycles. The molecule has 0 bridgehead atoms. The minimum absolute atomic E-state index is 0.628. The van der Waals surface area contributed by atoms with E-state index in [1.54, 1.807) is 0 Å². The highest BCUT2D eigenvalue weighted by molar-refractivity contribution is 9.10. The first-order chi connectivity index (χ1) is 5.74. The first-order valence-corrected chi connectivity index (χ1v) is 4.92. The maximum absolute atomic E-state index is 5.89. The standard InChI is InChI=1S/C9H10BrClO/c1-2-12-6-7-3-4-8(10)9(11)5-7/h3-5H,2,6H2,1H3. The van der Waals surface area contributed by atoms with Crippen molar-refractivity contribution < 1.29 is 4.74 Å². The summed E-state index contributed by atoms with van der Waals surface area (Å²) in [5.74, 6) is 0. The van der Waals surface area contributed by atoms with Gasteiger partial charge in [-0.3, -0.25) is 0 Å². The Bertz CT molecular complexity index is 263. The minimum atomic E-state index is 0.628. The maximum atomic E-state index is 5.89. The smallest absolute Gasteiger partial charge is 0.0717 e. The van der Waals surface area contributed by atoms with Crippen molar-refractivity contribution in [1.29, 1.82) is 0 Å². The van der Waals surface area contributed by atoms with Crippen LogP contribution in [0.1, 0.15) is 12.5 Å². The van der Waals surface area contributed by atoms with Gasteiger partial charge in [-0.15, -0.1) is 0 Å². The lowest BCUT2D eigenvalue weighted by atomic mass is 10.2. The van der Waals surface area contributed by atoms with Crippen molar-refractivity contribution >= 4 is 27.5 Å². The van der Waals surface area contributed by atoms with E-state index in [0.717, 1.165) is 21.7 Å². The van der Waals surface area contributed by atoms with Gasteiger partial charge in [0.25, 0.3) is 0 Å². The van der Waals surface area contributed by atoms with Gasteiger partial charge in [0.05, 0.1) is 11.6 Å². The third kappa shape index (κ3) is 2.77. The molecule has 0 amide bonds. The topological polar surface area (TPSA) is 9.23 Å². The number of hydrogen-bond donors (Lipinski definition) is 0. The van der Waals surface area contributed by atoms with Gasteiger partial charge in [0, 0.05) is 11.1 Å². The highest BCUT2D eigenvalue weighted by atomic mass is 79.9. The molecule has 0 atom stereocenters. The van der Waals surface area contributed by atoms with Gasteiger partial charge in [-0.1, -0.05) is 17.7 Å². The van der Waals surface area contributed by atoms with Crippen molar-refractivity contribution in [2.75, 3.05) is 6.61 Å². The van der Waals surface area contributed by atoms with E-state index < -0.39 is 0 Å². The Balaban J connectivity index is 2.69. The van der Waals surface area contributed by atoms with Gasteiger partial charge in [0.2, 0.25) is 0 Å². The van der Waals surface area contributed by atoms with Crippen LogP contribution in [0, 0.1) is 0 Å². The van der Waals surface area contributed by atoms with Crippen LogP contribution in [0.25, 0.3) is 0 Å². The molecule has 0 aromatic heterocycles. The summed E-state index contributed by atoms with van der Waals surface area (Å²) in [7, 11) is 0. The van der Waals surface area contributed by atoms with Crippen LogP contribution < -0.4 is 0 Å². The third-order valence-electron chi connectivity index (χ3n) is 1.46. The fourth-order valence-corrected chi connectivity index (χ4v) is 1.30. The summed E-state index contributed by atoms with van der Waals surface area (Å²) in [6.45, 7) is 3.33. The van der Waals surface area contributed by atoms with Crippen molar-refractivity contribution in [3.8, 4) is 0 Å². The van der Waals surface area contributed by atoms with Gasteiger partial charge in [-0.2, -0.15) is 0 Å². The van der Waals surface area contributed by atoms with E-state index >= 15 is 0 Å². The Morgan fingerprint density at radius 1 is 1.50 bits per heavy atom. The summed E-state index contributed by atoms with van der Waals surface area (Å²) < 4.78 is 6.16. The van der Waals surface area contributed by atoms with Gasteiger partial charge in [0.15, 0.2) is 0 Å². The molecule has 0 saturated heterocycles. The Hall–Kier alpha value is -0.0500. The predicted octanol–water partition coefficient (Wildman–Crippen LogP) is 3.64. The number of ether oxygens (including phenoxy) is 1.